The van der Waals surface area contributed by atoms with E-state index in [2.05, 4.69) is 15.2 Å². The van der Waals surface area contributed by atoms with E-state index in [1.807, 2.05) is 40.7 Å². The van der Waals surface area contributed by atoms with Gasteiger partial charge in [-0.1, -0.05) is 12.1 Å². The van der Waals surface area contributed by atoms with E-state index in [0.29, 0.717) is 19.6 Å². The minimum Gasteiger partial charge on any atom is -0.497 e. The molecule has 0 spiro atoms. The lowest BCUT2D eigenvalue weighted by molar-refractivity contribution is 0.194. The van der Waals surface area contributed by atoms with Crippen LogP contribution < -0.4 is 15.0 Å². The highest BCUT2D eigenvalue weighted by molar-refractivity contribution is 7.13. The Hall–Kier alpha value is -2.28. The SMILES string of the molecule is COc1cccc(CNC(=O)N2CCN(c3nccs3)CC2)c1. The van der Waals surface area contributed by atoms with E-state index in [-0.39, 0.29) is 6.03 Å². The monoisotopic (exact) mass is 332 g/mol. The second-order valence-corrected chi connectivity index (χ2v) is 6.17. The lowest BCUT2D eigenvalue weighted by atomic mass is 10.2. The molecule has 1 saturated heterocycles. The zero-order valence-electron chi connectivity index (χ0n) is 13.1. The van der Waals surface area contributed by atoms with Crippen molar-refractivity contribution in [2.24, 2.45) is 0 Å². The molecule has 7 heteroatoms. The Morgan fingerprint density at radius 3 is 2.87 bits per heavy atom. The molecular weight excluding hydrogens is 312 g/mol. The molecule has 0 bridgehead atoms. The van der Waals surface area contributed by atoms with E-state index >= 15 is 0 Å². The van der Waals surface area contributed by atoms with Crippen molar-refractivity contribution in [2.45, 2.75) is 6.54 Å². The van der Waals surface area contributed by atoms with Gasteiger partial charge in [-0.15, -0.1) is 11.3 Å². The zero-order chi connectivity index (χ0) is 16.1. The predicted molar refractivity (Wildman–Crippen MR) is 91.1 cm³/mol. The van der Waals surface area contributed by atoms with Crippen molar-refractivity contribution >= 4 is 22.5 Å². The van der Waals surface area contributed by atoms with Crippen LogP contribution in [0.5, 0.6) is 5.75 Å². The van der Waals surface area contributed by atoms with E-state index in [0.717, 1.165) is 29.5 Å². The number of aromatic nitrogens is 1. The summed E-state index contributed by atoms with van der Waals surface area (Å²) in [5.74, 6) is 0.800. The van der Waals surface area contributed by atoms with Crippen LogP contribution in [0.2, 0.25) is 0 Å². The van der Waals surface area contributed by atoms with E-state index in [9.17, 15) is 4.79 Å². The average Bonchev–Trinajstić information content (AvgIpc) is 3.14. The summed E-state index contributed by atoms with van der Waals surface area (Å²) in [5, 5.41) is 5.97. The second kappa shape index (κ2) is 7.32. The maximum atomic E-state index is 12.3. The number of amides is 2. The van der Waals surface area contributed by atoms with Gasteiger partial charge in [0.25, 0.3) is 0 Å². The summed E-state index contributed by atoms with van der Waals surface area (Å²) in [6.07, 6.45) is 1.81. The van der Waals surface area contributed by atoms with Crippen LogP contribution >= 0.6 is 11.3 Å². The summed E-state index contributed by atoms with van der Waals surface area (Å²) in [7, 11) is 1.64. The summed E-state index contributed by atoms with van der Waals surface area (Å²) in [6.45, 7) is 3.57. The third-order valence-corrected chi connectivity index (χ3v) is 4.67. The fourth-order valence-corrected chi connectivity index (χ4v) is 3.24. The van der Waals surface area contributed by atoms with Crippen molar-refractivity contribution in [2.75, 3.05) is 38.2 Å². The first-order chi connectivity index (χ1) is 11.3. The number of hydrogen-bond donors (Lipinski definition) is 1. The molecule has 1 aromatic heterocycles. The number of ether oxygens (including phenoxy) is 1. The van der Waals surface area contributed by atoms with Crippen LogP contribution in [-0.2, 0) is 6.54 Å². The Kier molecular flexibility index (Phi) is 4.97. The van der Waals surface area contributed by atoms with Crippen LogP contribution in [0.4, 0.5) is 9.93 Å². The number of anilines is 1. The molecule has 0 unspecified atom stereocenters. The van der Waals surface area contributed by atoms with Crippen molar-refractivity contribution in [1.82, 2.24) is 15.2 Å². The number of carbonyl (C=O) groups excluding carboxylic acids is 1. The van der Waals surface area contributed by atoms with Crippen molar-refractivity contribution in [3.63, 3.8) is 0 Å². The van der Waals surface area contributed by atoms with Crippen LogP contribution in [0.3, 0.4) is 0 Å². The molecular formula is C16H20N4O2S. The van der Waals surface area contributed by atoms with Gasteiger partial charge in [0.1, 0.15) is 5.75 Å². The van der Waals surface area contributed by atoms with E-state index in [1.165, 1.54) is 0 Å². The normalized spacial score (nSPS) is 14.7. The van der Waals surface area contributed by atoms with Gasteiger partial charge in [-0.3, -0.25) is 0 Å². The highest BCUT2D eigenvalue weighted by atomic mass is 32.1. The molecule has 3 rings (SSSR count). The van der Waals surface area contributed by atoms with Gasteiger partial charge in [0.15, 0.2) is 5.13 Å². The number of benzene rings is 1. The van der Waals surface area contributed by atoms with E-state index < -0.39 is 0 Å². The van der Waals surface area contributed by atoms with E-state index in [4.69, 9.17) is 4.74 Å². The van der Waals surface area contributed by atoms with Gasteiger partial charge in [-0.2, -0.15) is 0 Å². The fraction of sp³-hybridized carbons (Fsp3) is 0.375. The van der Waals surface area contributed by atoms with Gasteiger partial charge in [-0.05, 0) is 17.7 Å². The van der Waals surface area contributed by atoms with Gasteiger partial charge in [0.05, 0.1) is 7.11 Å². The van der Waals surface area contributed by atoms with Crippen LogP contribution in [0.25, 0.3) is 0 Å². The molecule has 1 N–H and O–H groups in total. The predicted octanol–water partition coefficient (Wildman–Crippen LogP) is 2.18. The number of nitrogens with one attached hydrogen (secondary N) is 1. The molecule has 0 saturated carbocycles. The summed E-state index contributed by atoms with van der Waals surface area (Å²) in [5.41, 5.74) is 1.03. The largest absolute Gasteiger partial charge is 0.497 e. The van der Waals surface area contributed by atoms with Crippen molar-refractivity contribution in [3.05, 3.63) is 41.4 Å². The first kappa shape index (κ1) is 15.6. The maximum Gasteiger partial charge on any atom is 0.317 e. The van der Waals surface area contributed by atoms with Crippen molar-refractivity contribution in [1.29, 1.82) is 0 Å². The summed E-state index contributed by atoms with van der Waals surface area (Å²) in [4.78, 5) is 20.7. The quantitative estimate of drug-likeness (QED) is 0.932. The number of thiazole rings is 1. The van der Waals surface area contributed by atoms with Gasteiger partial charge in [0, 0.05) is 44.3 Å². The Labute approximate surface area is 139 Å². The third kappa shape index (κ3) is 3.92. The minimum absolute atomic E-state index is 0.0217. The number of rotatable bonds is 4. The van der Waals surface area contributed by atoms with Gasteiger partial charge < -0.3 is 19.9 Å². The van der Waals surface area contributed by atoms with Crippen molar-refractivity contribution < 1.29 is 9.53 Å². The molecule has 1 aliphatic heterocycles. The Morgan fingerprint density at radius 2 is 2.17 bits per heavy atom. The molecule has 0 aliphatic carbocycles. The number of urea groups is 1. The van der Waals surface area contributed by atoms with Crippen LogP contribution in [0, 0.1) is 0 Å². The Morgan fingerprint density at radius 1 is 1.35 bits per heavy atom. The lowest BCUT2D eigenvalue weighted by Crippen LogP contribution is -2.51. The second-order valence-electron chi connectivity index (χ2n) is 5.30. The molecule has 2 amide bonds. The molecule has 122 valence electrons. The number of nitrogens with zero attached hydrogens (tertiary/aromatic N) is 3. The number of carbonyl (C=O) groups is 1. The topological polar surface area (TPSA) is 57.7 Å². The molecule has 23 heavy (non-hydrogen) atoms. The lowest BCUT2D eigenvalue weighted by Gasteiger charge is -2.34. The molecule has 2 heterocycles. The van der Waals surface area contributed by atoms with Gasteiger partial charge in [0.2, 0.25) is 0 Å². The fourth-order valence-electron chi connectivity index (χ4n) is 2.54. The van der Waals surface area contributed by atoms with Crippen LogP contribution in [0.1, 0.15) is 5.56 Å². The maximum absolute atomic E-state index is 12.3. The molecule has 1 aliphatic rings. The first-order valence-electron chi connectivity index (χ1n) is 7.56. The minimum atomic E-state index is -0.0217. The molecule has 0 atom stereocenters. The number of piperazine rings is 1. The van der Waals surface area contributed by atoms with Crippen LogP contribution in [-0.4, -0.2) is 49.2 Å². The van der Waals surface area contributed by atoms with E-state index in [1.54, 1.807) is 18.4 Å². The molecule has 6 nitrogen and oxygen atoms in total. The smallest absolute Gasteiger partial charge is 0.317 e. The third-order valence-electron chi connectivity index (χ3n) is 3.83. The Bertz CT molecular complexity index is 639. The zero-order valence-corrected chi connectivity index (χ0v) is 13.9. The standard InChI is InChI=1S/C16H20N4O2S/c1-22-14-4-2-3-13(11-14)12-18-15(21)19-6-8-20(9-7-19)16-17-5-10-23-16/h2-5,10-11H,6-9,12H2,1H3,(H,18,21). The van der Waals surface area contributed by atoms with Crippen molar-refractivity contribution in [3.8, 4) is 5.75 Å². The number of methoxy groups -OCH3 is 1. The highest BCUT2D eigenvalue weighted by Crippen LogP contribution is 2.19. The van der Waals surface area contributed by atoms with Gasteiger partial charge >= 0.3 is 6.03 Å². The molecule has 2 aromatic rings. The highest BCUT2D eigenvalue weighted by Gasteiger charge is 2.22. The van der Waals surface area contributed by atoms with Gasteiger partial charge in [-0.25, -0.2) is 9.78 Å². The molecule has 1 aromatic carbocycles. The average molecular weight is 332 g/mol. The molecule has 0 radical (unpaired) electrons. The van der Waals surface area contributed by atoms with Crippen LogP contribution in [0.15, 0.2) is 35.8 Å². The summed E-state index contributed by atoms with van der Waals surface area (Å²) in [6, 6.07) is 7.70. The number of hydrogen-bond acceptors (Lipinski definition) is 5. The summed E-state index contributed by atoms with van der Waals surface area (Å²) < 4.78 is 5.19. The summed E-state index contributed by atoms with van der Waals surface area (Å²) >= 11 is 1.63. The molecule has 1 fully saturated rings. The Balaban J connectivity index is 1.48. The first-order valence-corrected chi connectivity index (χ1v) is 8.44.